The maximum absolute atomic E-state index is 10.7. The fourth-order valence-corrected chi connectivity index (χ4v) is 2.14. The highest BCUT2D eigenvalue weighted by Crippen LogP contribution is 2.12. The highest BCUT2D eigenvalue weighted by Gasteiger charge is 2.25. The molecule has 2 aliphatic heterocycles. The molecule has 0 unspecified atom stereocenters. The minimum Gasteiger partial charge on any atom is -0.378 e. The van der Waals surface area contributed by atoms with Crippen LogP contribution in [-0.2, 0) is 9.53 Å². The van der Waals surface area contributed by atoms with Crippen LogP contribution < -0.4 is 11.1 Å². The molecule has 0 spiro atoms. The molecule has 5 heteroatoms. The summed E-state index contributed by atoms with van der Waals surface area (Å²) in [4.78, 5) is 12.9. The third-order valence-corrected chi connectivity index (χ3v) is 3.08. The minimum absolute atomic E-state index is 0.228. The second kappa shape index (κ2) is 4.92. The molecule has 2 aliphatic rings. The summed E-state index contributed by atoms with van der Waals surface area (Å²) in [6, 6.07) is 1.14. The Bertz CT molecular complexity index is 223. The molecule has 0 saturated carbocycles. The maximum atomic E-state index is 10.7. The largest absolute Gasteiger partial charge is 0.378 e. The van der Waals surface area contributed by atoms with Crippen LogP contribution in [0.15, 0.2) is 0 Å². The third-order valence-electron chi connectivity index (χ3n) is 3.08. The van der Waals surface area contributed by atoms with E-state index >= 15 is 0 Å². The molecule has 0 aliphatic carbocycles. The minimum atomic E-state index is -0.228. The van der Waals surface area contributed by atoms with Gasteiger partial charge in [0.05, 0.1) is 25.8 Å². The summed E-state index contributed by atoms with van der Waals surface area (Å²) >= 11 is 0. The lowest BCUT2D eigenvalue weighted by Gasteiger charge is -2.36. The molecule has 0 aromatic carbocycles. The lowest BCUT2D eigenvalue weighted by atomic mass is 10.0. The molecule has 3 N–H and O–H groups in total. The van der Waals surface area contributed by atoms with Gasteiger partial charge in [0.25, 0.3) is 0 Å². The van der Waals surface area contributed by atoms with E-state index in [2.05, 4.69) is 10.2 Å². The van der Waals surface area contributed by atoms with E-state index in [0.717, 1.165) is 39.1 Å². The maximum Gasteiger partial charge on any atom is 0.231 e. The van der Waals surface area contributed by atoms with Crippen LogP contribution in [0.25, 0.3) is 0 Å². The summed E-state index contributed by atoms with van der Waals surface area (Å²) in [5, 5.41) is 3.56. The smallest absolute Gasteiger partial charge is 0.231 e. The first-order valence-electron chi connectivity index (χ1n) is 5.58. The van der Waals surface area contributed by atoms with Crippen molar-refractivity contribution in [2.75, 3.05) is 32.8 Å². The van der Waals surface area contributed by atoms with E-state index in [9.17, 15) is 4.79 Å². The van der Waals surface area contributed by atoms with E-state index in [0.29, 0.717) is 18.6 Å². The second-order valence-corrected chi connectivity index (χ2v) is 4.42. The molecule has 2 fully saturated rings. The van der Waals surface area contributed by atoms with Crippen molar-refractivity contribution < 1.29 is 9.53 Å². The fraction of sp³-hybridized carbons (Fsp3) is 0.900. The molecule has 0 aromatic rings. The molecule has 2 heterocycles. The number of likely N-dealkylation sites (tertiary alicyclic amines) is 1. The molecule has 86 valence electrons. The van der Waals surface area contributed by atoms with Crippen LogP contribution in [0, 0.1) is 0 Å². The van der Waals surface area contributed by atoms with Crippen LogP contribution in [0.4, 0.5) is 0 Å². The molecule has 1 amide bonds. The number of carbonyl (C=O) groups is 1. The number of hydrogen-bond acceptors (Lipinski definition) is 4. The number of amides is 1. The number of hydrogen-bond donors (Lipinski definition) is 2. The molecule has 0 atom stereocenters. The fourth-order valence-electron chi connectivity index (χ4n) is 2.14. The normalized spacial score (nSPS) is 25.1. The molecular weight excluding hydrogens is 194 g/mol. The number of ether oxygens (including phenoxy) is 1. The van der Waals surface area contributed by atoms with Crippen LogP contribution in [0.3, 0.4) is 0 Å². The number of nitrogens with zero attached hydrogens (tertiary/aromatic N) is 1. The first-order chi connectivity index (χ1) is 7.24. The topological polar surface area (TPSA) is 67.6 Å². The number of rotatable bonds is 4. The van der Waals surface area contributed by atoms with Crippen LogP contribution in [0.1, 0.15) is 12.8 Å². The molecule has 5 nitrogen and oxygen atoms in total. The van der Waals surface area contributed by atoms with Gasteiger partial charge in [-0.15, -0.1) is 0 Å². The number of nitrogens with one attached hydrogen (secondary N) is 1. The lowest BCUT2D eigenvalue weighted by Crippen LogP contribution is -2.53. The Balaban J connectivity index is 1.64. The summed E-state index contributed by atoms with van der Waals surface area (Å²) in [6.07, 6.45) is 2.20. The molecule has 0 radical (unpaired) electrons. The monoisotopic (exact) mass is 213 g/mol. The summed E-state index contributed by atoms with van der Waals surface area (Å²) in [7, 11) is 0. The molecule has 2 saturated heterocycles. The second-order valence-electron chi connectivity index (χ2n) is 4.42. The molecule has 2 rings (SSSR count). The van der Waals surface area contributed by atoms with Gasteiger partial charge in [-0.2, -0.15) is 0 Å². The number of carbonyl (C=O) groups excluding carboxylic acids is 1. The summed E-state index contributed by atoms with van der Waals surface area (Å²) in [6.45, 7) is 4.03. The predicted molar refractivity (Wildman–Crippen MR) is 56.4 cm³/mol. The molecule has 0 aromatic heterocycles. The van der Waals surface area contributed by atoms with E-state index in [4.69, 9.17) is 10.5 Å². The first-order valence-corrected chi connectivity index (χ1v) is 5.58. The SMILES string of the molecule is NC(=O)CN1CCC(NC2COC2)CC1. The van der Waals surface area contributed by atoms with Gasteiger partial charge >= 0.3 is 0 Å². The van der Waals surface area contributed by atoms with Crippen molar-refractivity contribution in [1.82, 2.24) is 10.2 Å². The Morgan fingerprint density at radius 3 is 2.47 bits per heavy atom. The van der Waals surface area contributed by atoms with Gasteiger partial charge in [-0.3, -0.25) is 9.69 Å². The van der Waals surface area contributed by atoms with Crippen LogP contribution in [0.2, 0.25) is 0 Å². The van der Waals surface area contributed by atoms with Gasteiger partial charge in [0.15, 0.2) is 0 Å². The van der Waals surface area contributed by atoms with E-state index in [1.807, 2.05) is 0 Å². The zero-order valence-electron chi connectivity index (χ0n) is 8.95. The quantitative estimate of drug-likeness (QED) is 0.623. The van der Waals surface area contributed by atoms with Crippen molar-refractivity contribution >= 4 is 5.91 Å². The molecule has 15 heavy (non-hydrogen) atoms. The van der Waals surface area contributed by atoms with Crippen LogP contribution in [-0.4, -0.2) is 55.7 Å². The Labute approximate surface area is 89.9 Å². The predicted octanol–water partition coefficient (Wildman–Crippen LogP) is -1.08. The van der Waals surface area contributed by atoms with Gasteiger partial charge in [0, 0.05) is 19.1 Å². The van der Waals surface area contributed by atoms with Gasteiger partial charge in [-0.05, 0) is 12.8 Å². The Hall–Kier alpha value is -0.650. The van der Waals surface area contributed by atoms with Crippen molar-refractivity contribution in [1.29, 1.82) is 0 Å². The highest BCUT2D eigenvalue weighted by atomic mass is 16.5. The van der Waals surface area contributed by atoms with Crippen LogP contribution in [0.5, 0.6) is 0 Å². The van der Waals surface area contributed by atoms with Gasteiger partial charge in [-0.25, -0.2) is 0 Å². The third kappa shape index (κ3) is 3.15. The Kier molecular flexibility index (Phi) is 3.56. The van der Waals surface area contributed by atoms with E-state index in [-0.39, 0.29) is 5.91 Å². The van der Waals surface area contributed by atoms with Crippen molar-refractivity contribution in [3.8, 4) is 0 Å². The van der Waals surface area contributed by atoms with E-state index in [1.165, 1.54) is 0 Å². The average molecular weight is 213 g/mol. The molecule has 0 bridgehead atoms. The van der Waals surface area contributed by atoms with Gasteiger partial charge in [0.1, 0.15) is 0 Å². The summed E-state index contributed by atoms with van der Waals surface area (Å²) in [5.41, 5.74) is 5.16. The average Bonchev–Trinajstić information content (AvgIpc) is 2.13. The van der Waals surface area contributed by atoms with Crippen LogP contribution >= 0.6 is 0 Å². The van der Waals surface area contributed by atoms with Gasteiger partial charge < -0.3 is 15.8 Å². The van der Waals surface area contributed by atoms with Crippen molar-refractivity contribution in [2.24, 2.45) is 5.73 Å². The summed E-state index contributed by atoms with van der Waals surface area (Å²) < 4.78 is 5.12. The highest BCUT2D eigenvalue weighted by molar-refractivity contribution is 5.75. The van der Waals surface area contributed by atoms with E-state index < -0.39 is 0 Å². The van der Waals surface area contributed by atoms with Gasteiger partial charge in [-0.1, -0.05) is 0 Å². The molecular formula is C10H19N3O2. The number of nitrogens with two attached hydrogens (primary N) is 1. The Morgan fingerprint density at radius 1 is 1.33 bits per heavy atom. The zero-order chi connectivity index (χ0) is 10.7. The number of primary amides is 1. The van der Waals surface area contributed by atoms with Gasteiger partial charge in [0.2, 0.25) is 5.91 Å². The standard InChI is InChI=1S/C10H19N3O2/c11-10(14)5-13-3-1-8(2-4-13)12-9-6-15-7-9/h8-9,12H,1-7H2,(H2,11,14). The van der Waals surface area contributed by atoms with E-state index in [1.54, 1.807) is 0 Å². The lowest BCUT2D eigenvalue weighted by molar-refractivity contribution is -0.119. The Morgan fingerprint density at radius 2 is 2.00 bits per heavy atom. The zero-order valence-corrected chi connectivity index (χ0v) is 8.95. The van der Waals surface area contributed by atoms with Crippen molar-refractivity contribution in [3.05, 3.63) is 0 Å². The first kappa shape index (κ1) is 10.9. The number of piperidine rings is 1. The van der Waals surface area contributed by atoms with Crippen molar-refractivity contribution in [3.63, 3.8) is 0 Å². The summed E-state index contributed by atoms with van der Waals surface area (Å²) in [5.74, 6) is -0.228. The van der Waals surface area contributed by atoms with Crippen molar-refractivity contribution in [2.45, 2.75) is 24.9 Å².